The number of halogens is 1. The van der Waals surface area contributed by atoms with E-state index >= 15 is 0 Å². The largest absolute Gasteiger partial charge is 0.497 e. The Morgan fingerprint density at radius 2 is 1.82 bits per heavy atom. The van der Waals surface area contributed by atoms with Crippen LogP contribution >= 0.6 is 0 Å². The van der Waals surface area contributed by atoms with Crippen LogP contribution in [0.5, 0.6) is 5.75 Å². The minimum Gasteiger partial charge on any atom is -0.497 e. The van der Waals surface area contributed by atoms with Gasteiger partial charge < -0.3 is 15.0 Å². The highest BCUT2D eigenvalue weighted by molar-refractivity contribution is 7.92. The van der Waals surface area contributed by atoms with Gasteiger partial charge >= 0.3 is 0 Å². The van der Waals surface area contributed by atoms with Gasteiger partial charge in [0.1, 0.15) is 17.6 Å². The first-order valence-electron chi connectivity index (χ1n) is 13.6. The molecule has 3 rings (SSSR count). The van der Waals surface area contributed by atoms with E-state index < -0.39 is 21.9 Å². The Morgan fingerprint density at radius 1 is 1.10 bits per heavy atom. The molecule has 1 aliphatic rings. The Balaban J connectivity index is 1.78. The van der Waals surface area contributed by atoms with E-state index in [0.717, 1.165) is 41.8 Å². The summed E-state index contributed by atoms with van der Waals surface area (Å²) in [6.45, 7) is 2.01. The number of methoxy groups -OCH3 is 1. The van der Waals surface area contributed by atoms with Crippen LogP contribution in [-0.4, -0.2) is 57.1 Å². The summed E-state index contributed by atoms with van der Waals surface area (Å²) in [6.07, 6.45) is 6.79. The number of amides is 2. The fourth-order valence-corrected chi connectivity index (χ4v) is 6.03. The molecular formula is C29H40FN3O5S. The number of nitrogens with zero attached hydrogens (tertiary/aromatic N) is 2. The third kappa shape index (κ3) is 8.68. The van der Waals surface area contributed by atoms with Crippen LogP contribution in [0.2, 0.25) is 0 Å². The number of hydrogen-bond donors (Lipinski definition) is 1. The van der Waals surface area contributed by atoms with Gasteiger partial charge in [-0.1, -0.05) is 50.5 Å². The summed E-state index contributed by atoms with van der Waals surface area (Å²) in [7, 11) is -2.21. The van der Waals surface area contributed by atoms with Gasteiger partial charge in [-0.2, -0.15) is 0 Å². The van der Waals surface area contributed by atoms with Gasteiger partial charge in [-0.25, -0.2) is 12.8 Å². The molecule has 0 bridgehead atoms. The summed E-state index contributed by atoms with van der Waals surface area (Å²) in [4.78, 5) is 28.6. The van der Waals surface area contributed by atoms with Gasteiger partial charge in [0.25, 0.3) is 0 Å². The topological polar surface area (TPSA) is 96.0 Å². The van der Waals surface area contributed by atoms with E-state index in [9.17, 15) is 22.4 Å². The number of nitrogens with one attached hydrogen (secondary N) is 1. The molecule has 1 saturated carbocycles. The van der Waals surface area contributed by atoms with Crippen LogP contribution in [0.15, 0.2) is 48.5 Å². The van der Waals surface area contributed by atoms with Crippen LogP contribution in [0, 0.1) is 5.82 Å². The molecule has 0 heterocycles. The van der Waals surface area contributed by atoms with Gasteiger partial charge in [0, 0.05) is 25.6 Å². The summed E-state index contributed by atoms with van der Waals surface area (Å²) in [5, 5.41) is 3.15. The van der Waals surface area contributed by atoms with Gasteiger partial charge in [-0.3, -0.25) is 13.9 Å². The second-order valence-corrected chi connectivity index (χ2v) is 11.9. The maximum atomic E-state index is 14.4. The molecule has 39 heavy (non-hydrogen) atoms. The molecule has 1 atom stereocenters. The Bertz CT molecular complexity index is 1220. The smallest absolute Gasteiger partial charge is 0.243 e. The molecule has 0 saturated heterocycles. The van der Waals surface area contributed by atoms with Crippen LogP contribution < -0.4 is 14.4 Å². The fourth-order valence-electron chi connectivity index (χ4n) is 5.07. The number of rotatable bonds is 13. The van der Waals surface area contributed by atoms with Crippen molar-refractivity contribution in [3.8, 4) is 5.75 Å². The predicted molar refractivity (Wildman–Crippen MR) is 150 cm³/mol. The predicted octanol–water partition coefficient (Wildman–Crippen LogP) is 4.64. The Kier molecular flexibility index (Phi) is 11.2. The van der Waals surface area contributed by atoms with Crippen LogP contribution in [0.25, 0.3) is 0 Å². The second kappa shape index (κ2) is 14.3. The monoisotopic (exact) mass is 561 g/mol. The summed E-state index contributed by atoms with van der Waals surface area (Å²) < 4.78 is 45.6. The van der Waals surface area contributed by atoms with E-state index in [4.69, 9.17) is 4.74 Å². The third-order valence-electron chi connectivity index (χ3n) is 7.10. The summed E-state index contributed by atoms with van der Waals surface area (Å²) in [6, 6.07) is 12.4. The molecule has 0 aliphatic heterocycles. The summed E-state index contributed by atoms with van der Waals surface area (Å²) in [5.74, 6) is -0.456. The lowest BCUT2D eigenvalue weighted by Gasteiger charge is -2.33. The van der Waals surface area contributed by atoms with Gasteiger partial charge in [0.05, 0.1) is 19.1 Å². The van der Waals surface area contributed by atoms with Crippen molar-refractivity contribution in [3.05, 3.63) is 59.9 Å². The molecule has 0 unspecified atom stereocenters. The lowest BCUT2D eigenvalue weighted by molar-refractivity contribution is -0.141. The number of benzene rings is 2. The molecule has 0 spiro atoms. The minimum absolute atomic E-state index is 0.00233. The lowest BCUT2D eigenvalue weighted by atomic mass is 9.95. The van der Waals surface area contributed by atoms with E-state index in [2.05, 4.69) is 5.32 Å². The normalized spacial score (nSPS) is 14.9. The van der Waals surface area contributed by atoms with Crippen LogP contribution in [0.1, 0.15) is 63.9 Å². The summed E-state index contributed by atoms with van der Waals surface area (Å²) >= 11 is 0. The van der Waals surface area contributed by atoms with E-state index in [-0.39, 0.29) is 49.5 Å². The number of carbonyl (C=O) groups excluding carboxylic acids is 2. The summed E-state index contributed by atoms with van der Waals surface area (Å²) in [5.41, 5.74) is 0.759. The molecule has 2 aromatic carbocycles. The number of anilines is 1. The molecular weight excluding hydrogens is 521 g/mol. The van der Waals surface area contributed by atoms with Crippen molar-refractivity contribution in [2.24, 2.45) is 0 Å². The Hall–Kier alpha value is -3.14. The van der Waals surface area contributed by atoms with Crippen LogP contribution in [-0.2, 0) is 26.2 Å². The van der Waals surface area contributed by atoms with Crippen molar-refractivity contribution in [1.29, 1.82) is 0 Å². The zero-order valence-corrected chi connectivity index (χ0v) is 23.9. The van der Waals surface area contributed by atoms with Crippen molar-refractivity contribution in [3.63, 3.8) is 0 Å². The van der Waals surface area contributed by atoms with Gasteiger partial charge in [0.15, 0.2) is 0 Å². The van der Waals surface area contributed by atoms with Gasteiger partial charge in [0.2, 0.25) is 21.8 Å². The lowest BCUT2D eigenvalue weighted by Crippen LogP contribution is -2.51. The molecule has 1 fully saturated rings. The zero-order valence-electron chi connectivity index (χ0n) is 23.1. The highest BCUT2D eigenvalue weighted by Gasteiger charge is 2.30. The number of para-hydroxylation sites is 1. The first-order chi connectivity index (χ1) is 18.6. The number of hydrogen-bond acceptors (Lipinski definition) is 5. The van der Waals surface area contributed by atoms with Crippen LogP contribution in [0.4, 0.5) is 10.1 Å². The first kappa shape index (κ1) is 30.4. The van der Waals surface area contributed by atoms with Crippen molar-refractivity contribution < 1.29 is 27.1 Å². The van der Waals surface area contributed by atoms with E-state index in [1.165, 1.54) is 24.6 Å². The van der Waals surface area contributed by atoms with Crippen molar-refractivity contribution >= 4 is 27.5 Å². The van der Waals surface area contributed by atoms with Gasteiger partial charge in [-0.05, 0) is 55.5 Å². The highest BCUT2D eigenvalue weighted by Crippen LogP contribution is 2.24. The van der Waals surface area contributed by atoms with Crippen LogP contribution in [0.3, 0.4) is 0 Å². The Labute approximate surface area is 231 Å². The number of ether oxygens (including phenoxy) is 1. The molecule has 0 radical (unpaired) electrons. The van der Waals surface area contributed by atoms with E-state index in [1.807, 2.05) is 31.2 Å². The maximum Gasteiger partial charge on any atom is 0.243 e. The SMILES string of the molecule is CC[C@H](C(=O)NC1CCCCC1)N(Cc1cccc(OC)c1)C(=O)CCCN(c1ccccc1F)S(C)(=O)=O. The molecule has 10 heteroatoms. The second-order valence-electron chi connectivity index (χ2n) is 10.0. The highest BCUT2D eigenvalue weighted by atomic mass is 32.2. The average Bonchev–Trinajstić information content (AvgIpc) is 2.91. The molecule has 1 N–H and O–H groups in total. The number of carbonyl (C=O) groups is 2. The average molecular weight is 562 g/mol. The molecule has 214 valence electrons. The molecule has 8 nitrogen and oxygen atoms in total. The van der Waals surface area contributed by atoms with Crippen molar-refractivity contribution in [2.45, 2.75) is 76.9 Å². The molecule has 2 aromatic rings. The first-order valence-corrected chi connectivity index (χ1v) is 15.4. The van der Waals surface area contributed by atoms with Crippen molar-refractivity contribution in [1.82, 2.24) is 10.2 Å². The Morgan fingerprint density at radius 3 is 2.46 bits per heavy atom. The maximum absolute atomic E-state index is 14.4. The molecule has 2 amide bonds. The zero-order chi connectivity index (χ0) is 28.4. The van der Waals surface area contributed by atoms with Crippen molar-refractivity contribution in [2.75, 3.05) is 24.2 Å². The van der Waals surface area contributed by atoms with E-state index in [1.54, 1.807) is 18.1 Å². The van der Waals surface area contributed by atoms with Gasteiger partial charge in [-0.15, -0.1) is 0 Å². The quantitative estimate of drug-likeness (QED) is 0.385. The fraction of sp³-hybridized carbons (Fsp3) is 0.517. The third-order valence-corrected chi connectivity index (χ3v) is 8.28. The molecule has 1 aliphatic carbocycles. The minimum atomic E-state index is -3.78. The standard InChI is InChI=1S/C29H40FN3O5S/c1-4-26(29(35)31-23-13-6-5-7-14-23)32(21-22-12-10-15-24(20-22)38-2)28(34)18-11-19-33(39(3,36)37)27-17-9-8-16-25(27)30/h8-10,12,15-17,20,23,26H,4-7,11,13-14,18-19,21H2,1-3H3,(H,31,35)/t26-/m1/s1. The number of sulfonamides is 1. The molecule has 0 aromatic heterocycles. The van der Waals surface area contributed by atoms with E-state index in [0.29, 0.717) is 12.2 Å².